The zero-order valence-electron chi connectivity index (χ0n) is 10.9. The summed E-state index contributed by atoms with van der Waals surface area (Å²) in [7, 11) is 1.90. The van der Waals surface area contributed by atoms with Crippen molar-refractivity contribution in [2.75, 3.05) is 6.54 Å². The molecule has 2 rings (SSSR count). The van der Waals surface area contributed by atoms with Crippen LogP contribution in [-0.4, -0.2) is 26.2 Å². The van der Waals surface area contributed by atoms with Gasteiger partial charge in [-0.2, -0.15) is 0 Å². The van der Waals surface area contributed by atoms with Crippen LogP contribution in [0.15, 0.2) is 29.0 Å². The number of halogens is 1. The summed E-state index contributed by atoms with van der Waals surface area (Å²) in [4.78, 5) is 10.4. The first-order valence-electron chi connectivity index (χ1n) is 6.05. The van der Waals surface area contributed by atoms with E-state index in [4.69, 9.17) is 0 Å². The number of rotatable bonds is 6. The minimum absolute atomic E-state index is 0.0811. The molecule has 1 aromatic heterocycles. The largest absolute Gasteiger partial charge is 0.321 e. The molecule has 0 atom stereocenters. The van der Waals surface area contributed by atoms with E-state index in [-0.39, 0.29) is 5.69 Å². The van der Waals surface area contributed by atoms with Crippen LogP contribution in [0, 0.1) is 10.1 Å². The molecular weight excluding hydrogens is 326 g/mol. The first kappa shape index (κ1) is 14.6. The van der Waals surface area contributed by atoms with Crippen molar-refractivity contribution in [3.05, 3.63) is 50.5 Å². The summed E-state index contributed by atoms with van der Waals surface area (Å²) in [5.41, 5.74) is 0.940. The maximum atomic E-state index is 10.8. The molecule has 0 radical (unpaired) electrons. The Labute approximate surface area is 124 Å². The summed E-state index contributed by atoms with van der Waals surface area (Å²) in [5.74, 6) is 0.899. The summed E-state index contributed by atoms with van der Waals surface area (Å²) in [6, 6.07) is 5.02. The molecule has 7 nitrogen and oxygen atoms in total. The molecule has 106 valence electrons. The number of benzene rings is 1. The first-order chi connectivity index (χ1) is 9.59. The number of aryl methyl sites for hydroxylation is 1. The van der Waals surface area contributed by atoms with Crippen LogP contribution < -0.4 is 5.32 Å². The van der Waals surface area contributed by atoms with Gasteiger partial charge in [0.15, 0.2) is 0 Å². The van der Waals surface area contributed by atoms with Crippen molar-refractivity contribution in [1.29, 1.82) is 0 Å². The highest BCUT2D eigenvalue weighted by Crippen LogP contribution is 2.27. The maximum Gasteiger partial charge on any atom is 0.283 e. The van der Waals surface area contributed by atoms with E-state index < -0.39 is 4.92 Å². The fraction of sp³-hybridized carbons (Fsp3) is 0.333. The molecule has 0 unspecified atom stereocenters. The Kier molecular flexibility index (Phi) is 4.80. The summed E-state index contributed by atoms with van der Waals surface area (Å²) in [6.07, 6.45) is 2.41. The number of nitro benzene ring substituents is 1. The van der Waals surface area contributed by atoms with Gasteiger partial charge in [0.1, 0.15) is 12.2 Å². The zero-order valence-corrected chi connectivity index (χ0v) is 12.5. The third kappa shape index (κ3) is 3.40. The molecule has 1 aromatic carbocycles. The number of aromatic nitrogens is 3. The molecule has 0 spiro atoms. The fourth-order valence-electron chi connectivity index (χ4n) is 1.80. The van der Waals surface area contributed by atoms with Gasteiger partial charge in [-0.05, 0) is 21.5 Å². The van der Waals surface area contributed by atoms with E-state index in [0.29, 0.717) is 11.0 Å². The third-order valence-electron chi connectivity index (χ3n) is 2.90. The normalized spacial score (nSPS) is 10.7. The van der Waals surface area contributed by atoms with Gasteiger partial charge in [-0.3, -0.25) is 10.1 Å². The van der Waals surface area contributed by atoms with Crippen molar-refractivity contribution in [2.24, 2.45) is 7.05 Å². The topological polar surface area (TPSA) is 85.9 Å². The highest BCUT2D eigenvalue weighted by atomic mass is 79.9. The van der Waals surface area contributed by atoms with Crippen molar-refractivity contribution in [1.82, 2.24) is 20.1 Å². The monoisotopic (exact) mass is 339 g/mol. The Bertz CT molecular complexity index is 614. The van der Waals surface area contributed by atoms with E-state index in [1.54, 1.807) is 12.4 Å². The smallest absolute Gasteiger partial charge is 0.283 e. The van der Waals surface area contributed by atoms with Gasteiger partial charge in [-0.15, -0.1) is 10.2 Å². The molecule has 0 saturated heterocycles. The Morgan fingerprint density at radius 3 is 2.95 bits per heavy atom. The van der Waals surface area contributed by atoms with Gasteiger partial charge in [0.25, 0.3) is 5.69 Å². The molecule has 0 fully saturated rings. The zero-order chi connectivity index (χ0) is 14.5. The Hall–Kier alpha value is -1.80. The van der Waals surface area contributed by atoms with Crippen molar-refractivity contribution >= 4 is 21.6 Å². The second-order valence-corrected chi connectivity index (χ2v) is 5.09. The van der Waals surface area contributed by atoms with E-state index in [1.165, 1.54) is 6.07 Å². The van der Waals surface area contributed by atoms with Gasteiger partial charge in [0.05, 0.1) is 9.40 Å². The SMILES string of the molecule is Cn1cnnc1CCNCc1cccc([N+](=O)[O-])c1Br. The standard InChI is InChI=1S/C12H14BrN5O2/c1-17-8-15-16-11(17)5-6-14-7-9-3-2-4-10(12(9)13)18(19)20/h2-4,8,14H,5-7H2,1H3. The summed E-state index contributed by atoms with van der Waals surface area (Å²) >= 11 is 3.28. The molecule has 1 N–H and O–H groups in total. The summed E-state index contributed by atoms with van der Waals surface area (Å²) < 4.78 is 2.39. The average Bonchev–Trinajstić information content (AvgIpc) is 2.81. The quantitative estimate of drug-likeness (QED) is 0.492. The van der Waals surface area contributed by atoms with Crippen molar-refractivity contribution in [2.45, 2.75) is 13.0 Å². The molecule has 0 saturated carbocycles. The molecule has 2 aromatic rings. The highest BCUT2D eigenvalue weighted by molar-refractivity contribution is 9.10. The molecule has 0 aliphatic carbocycles. The van der Waals surface area contributed by atoms with E-state index in [1.807, 2.05) is 17.7 Å². The van der Waals surface area contributed by atoms with Gasteiger partial charge in [-0.25, -0.2) is 0 Å². The van der Waals surface area contributed by atoms with Gasteiger partial charge in [0, 0.05) is 32.6 Å². The molecule has 0 aliphatic rings. The van der Waals surface area contributed by atoms with E-state index >= 15 is 0 Å². The van der Waals surface area contributed by atoms with Gasteiger partial charge in [0.2, 0.25) is 0 Å². The number of hydrogen-bond donors (Lipinski definition) is 1. The molecular formula is C12H14BrN5O2. The molecule has 8 heteroatoms. The van der Waals surface area contributed by atoms with Crippen molar-refractivity contribution < 1.29 is 4.92 Å². The molecule has 0 bridgehead atoms. The molecule has 1 heterocycles. The van der Waals surface area contributed by atoms with Gasteiger partial charge >= 0.3 is 0 Å². The van der Waals surface area contributed by atoms with Crippen LogP contribution in [0.1, 0.15) is 11.4 Å². The van der Waals surface area contributed by atoms with Crippen molar-refractivity contribution in [3.8, 4) is 0 Å². The highest BCUT2D eigenvalue weighted by Gasteiger charge is 2.14. The Balaban J connectivity index is 1.90. The van der Waals surface area contributed by atoms with Crippen LogP contribution in [-0.2, 0) is 20.0 Å². The molecule has 0 aliphatic heterocycles. The van der Waals surface area contributed by atoms with Crippen LogP contribution in [0.3, 0.4) is 0 Å². The van der Waals surface area contributed by atoms with Crippen LogP contribution in [0.4, 0.5) is 5.69 Å². The number of hydrogen-bond acceptors (Lipinski definition) is 5. The summed E-state index contributed by atoms with van der Waals surface area (Å²) in [5, 5.41) is 21.9. The third-order valence-corrected chi connectivity index (χ3v) is 3.82. The minimum atomic E-state index is -0.396. The molecule has 0 amide bonds. The van der Waals surface area contributed by atoms with Crippen molar-refractivity contribution in [3.63, 3.8) is 0 Å². The lowest BCUT2D eigenvalue weighted by atomic mass is 10.2. The second-order valence-electron chi connectivity index (χ2n) is 4.29. The first-order valence-corrected chi connectivity index (χ1v) is 6.84. The van der Waals surface area contributed by atoms with Gasteiger partial charge < -0.3 is 9.88 Å². The van der Waals surface area contributed by atoms with E-state index in [9.17, 15) is 10.1 Å². The Morgan fingerprint density at radius 1 is 1.50 bits per heavy atom. The number of nitrogens with zero attached hydrogens (tertiary/aromatic N) is 4. The minimum Gasteiger partial charge on any atom is -0.321 e. The average molecular weight is 340 g/mol. The second kappa shape index (κ2) is 6.58. The predicted molar refractivity (Wildman–Crippen MR) is 77.2 cm³/mol. The lowest BCUT2D eigenvalue weighted by Gasteiger charge is -2.07. The number of nitrogens with one attached hydrogen (secondary N) is 1. The predicted octanol–water partition coefficient (Wildman–Crippen LogP) is 1.82. The lowest BCUT2D eigenvalue weighted by Crippen LogP contribution is -2.18. The number of nitro groups is 1. The van der Waals surface area contributed by atoms with E-state index in [0.717, 1.165) is 24.4 Å². The lowest BCUT2D eigenvalue weighted by molar-refractivity contribution is -0.385. The van der Waals surface area contributed by atoms with Crippen LogP contribution in [0.25, 0.3) is 0 Å². The molecule has 20 heavy (non-hydrogen) atoms. The van der Waals surface area contributed by atoms with Crippen LogP contribution >= 0.6 is 15.9 Å². The Morgan fingerprint density at radius 2 is 2.30 bits per heavy atom. The maximum absolute atomic E-state index is 10.8. The summed E-state index contributed by atoms with van der Waals surface area (Å²) in [6.45, 7) is 1.28. The van der Waals surface area contributed by atoms with Gasteiger partial charge in [-0.1, -0.05) is 12.1 Å². The fourth-order valence-corrected chi connectivity index (χ4v) is 2.35. The van der Waals surface area contributed by atoms with E-state index in [2.05, 4.69) is 31.4 Å². The van der Waals surface area contributed by atoms with Crippen LogP contribution in [0.2, 0.25) is 0 Å². The van der Waals surface area contributed by atoms with Crippen LogP contribution in [0.5, 0.6) is 0 Å².